The smallest absolute Gasteiger partial charge is 0.258 e. The maximum absolute atomic E-state index is 13.5. The van der Waals surface area contributed by atoms with Gasteiger partial charge < -0.3 is 0 Å². The van der Waals surface area contributed by atoms with Gasteiger partial charge >= 0.3 is 5.69 Å². The lowest BCUT2D eigenvalue weighted by molar-refractivity contribution is -0.387. The van der Waals surface area contributed by atoms with Crippen molar-refractivity contribution in [3.63, 3.8) is 0 Å². The summed E-state index contributed by atoms with van der Waals surface area (Å²) < 4.78 is 39.8. The maximum atomic E-state index is 13.5. The van der Waals surface area contributed by atoms with Crippen molar-refractivity contribution in [2.75, 3.05) is 0 Å². The highest BCUT2D eigenvalue weighted by Crippen LogP contribution is 2.29. The van der Waals surface area contributed by atoms with E-state index in [1.807, 2.05) is 0 Å². The lowest BCUT2D eigenvalue weighted by Crippen LogP contribution is -1.97. The van der Waals surface area contributed by atoms with Gasteiger partial charge in [-0.25, -0.2) is 8.78 Å². The number of halogens is 3. The first-order valence-corrected chi connectivity index (χ1v) is 4.89. The van der Waals surface area contributed by atoms with Gasteiger partial charge in [0.05, 0.1) is 4.92 Å². The van der Waals surface area contributed by atoms with Gasteiger partial charge in [0.15, 0.2) is 5.82 Å². The van der Waals surface area contributed by atoms with Crippen LogP contribution >= 0.6 is 0 Å². The van der Waals surface area contributed by atoms with Crippen molar-refractivity contribution in [1.29, 1.82) is 0 Å². The summed E-state index contributed by atoms with van der Waals surface area (Å²) in [4.78, 5) is 9.49. The molecule has 0 fully saturated rings. The summed E-state index contributed by atoms with van der Waals surface area (Å²) in [6.07, 6.45) is 0. The first-order chi connectivity index (χ1) is 8.50. The lowest BCUT2D eigenvalue weighted by Gasteiger charge is -2.04. The van der Waals surface area contributed by atoms with E-state index in [4.69, 9.17) is 0 Å². The fourth-order valence-electron chi connectivity index (χ4n) is 1.56. The summed E-state index contributed by atoms with van der Waals surface area (Å²) in [5, 5.41) is 10.5. The normalized spacial score (nSPS) is 10.4. The number of nitrogens with zero attached hydrogens (tertiary/aromatic N) is 1. The SMILES string of the molecule is O=[N+]([O-])c1cc(-c2ccccc2F)cc(F)c1F. The standard InChI is InChI=1S/C12H6F3NO2/c13-9-4-2-1-3-8(9)7-5-10(14)12(15)11(6-7)16(17)18/h1-6H. The Morgan fingerprint density at radius 3 is 2.28 bits per heavy atom. The topological polar surface area (TPSA) is 43.1 Å². The van der Waals surface area contributed by atoms with E-state index in [1.165, 1.54) is 18.2 Å². The zero-order chi connectivity index (χ0) is 13.3. The molecule has 6 heteroatoms. The summed E-state index contributed by atoms with van der Waals surface area (Å²) in [5.41, 5.74) is -1.13. The first-order valence-electron chi connectivity index (χ1n) is 4.89. The average Bonchev–Trinajstić information content (AvgIpc) is 2.33. The Morgan fingerprint density at radius 1 is 1.00 bits per heavy atom. The quantitative estimate of drug-likeness (QED) is 0.605. The minimum absolute atomic E-state index is 0.0282. The summed E-state index contributed by atoms with van der Waals surface area (Å²) in [6, 6.07) is 6.89. The van der Waals surface area contributed by atoms with Crippen molar-refractivity contribution in [2.45, 2.75) is 0 Å². The third-order valence-electron chi connectivity index (χ3n) is 2.39. The van der Waals surface area contributed by atoms with Crippen molar-refractivity contribution in [2.24, 2.45) is 0 Å². The Balaban J connectivity index is 2.67. The Bertz CT molecular complexity index is 629. The Morgan fingerprint density at radius 2 is 1.67 bits per heavy atom. The van der Waals surface area contributed by atoms with Crippen molar-refractivity contribution in [3.8, 4) is 11.1 Å². The highest BCUT2D eigenvalue weighted by atomic mass is 19.2. The lowest BCUT2D eigenvalue weighted by atomic mass is 10.0. The molecule has 0 saturated heterocycles. The van der Waals surface area contributed by atoms with Crippen molar-refractivity contribution in [1.82, 2.24) is 0 Å². The van der Waals surface area contributed by atoms with E-state index in [9.17, 15) is 23.3 Å². The molecule has 0 radical (unpaired) electrons. The van der Waals surface area contributed by atoms with Crippen LogP contribution in [-0.2, 0) is 0 Å². The van der Waals surface area contributed by atoms with Gasteiger partial charge in [-0.2, -0.15) is 4.39 Å². The van der Waals surface area contributed by atoms with E-state index in [0.29, 0.717) is 0 Å². The molecule has 0 bridgehead atoms. The predicted molar refractivity (Wildman–Crippen MR) is 58.4 cm³/mol. The predicted octanol–water partition coefficient (Wildman–Crippen LogP) is 3.68. The van der Waals surface area contributed by atoms with Crippen LogP contribution in [0.15, 0.2) is 36.4 Å². The molecule has 2 aromatic rings. The molecular weight excluding hydrogens is 247 g/mol. The van der Waals surface area contributed by atoms with Gasteiger partial charge in [0, 0.05) is 11.6 Å². The van der Waals surface area contributed by atoms with Gasteiger partial charge in [-0.05, 0) is 17.7 Å². The molecule has 0 N–H and O–H groups in total. The Labute approximate surface area is 99.6 Å². The molecule has 0 amide bonds. The van der Waals surface area contributed by atoms with Crippen molar-refractivity contribution < 1.29 is 18.1 Å². The van der Waals surface area contributed by atoms with Crippen LogP contribution in [0.1, 0.15) is 0 Å². The molecule has 0 aliphatic heterocycles. The zero-order valence-electron chi connectivity index (χ0n) is 8.86. The second-order valence-corrected chi connectivity index (χ2v) is 3.53. The van der Waals surface area contributed by atoms with Gasteiger partial charge in [-0.1, -0.05) is 18.2 Å². The maximum Gasteiger partial charge on any atom is 0.308 e. The molecule has 0 saturated carbocycles. The minimum atomic E-state index is -1.56. The molecule has 92 valence electrons. The fraction of sp³-hybridized carbons (Fsp3) is 0. The zero-order valence-corrected chi connectivity index (χ0v) is 8.86. The number of hydrogen-bond acceptors (Lipinski definition) is 2. The fourth-order valence-corrected chi connectivity index (χ4v) is 1.56. The molecule has 3 nitrogen and oxygen atoms in total. The monoisotopic (exact) mass is 253 g/mol. The summed E-state index contributed by atoms with van der Waals surface area (Å²) in [6.45, 7) is 0. The number of rotatable bonds is 2. The van der Waals surface area contributed by atoms with E-state index in [-0.39, 0.29) is 11.1 Å². The van der Waals surface area contributed by atoms with E-state index in [2.05, 4.69) is 0 Å². The van der Waals surface area contributed by atoms with Gasteiger partial charge in [-0.3, -0.25) is 10.1 Å². The highest BCUT2D eigenvalue weighted by molar-refractivity contribution is 5.67. The second kappa shape index (κ2) is 4.48. The van der Waals surface area contributed by atoms with E-state index >= 15 is 0 Å². The number of nitro benzene ring substituents is 1. The van der Waals surface area contributed by atoms with Crippen LogP contribution in [0.25, 0.3) is 11.1 Å². The number of benzene rings is 2. The molecule has 0 aliphatic rings. The van der Waals surface area contributed by atoms with E-state index in [0.717, 1.165) is 18.2 Å². The number of nitro groups is 1. The van der Waals surface area contributed by atoms with Crippen LogP contribution in [0.3, 0.4) is 0 Å². The molecule has 0 aromatic heterocycles. The molecular formula is C12H6F3NO2. The van der Waals surface area contributed by atoms with Crippen LogP contribution < -0.4 is 0 Å². The molecule has 2 aromatic carbocycles. The summed E-state index contributed by atoms with van der Waals surface area (Å²) >= 11 is 0. The van der Waals surface area contributed by atoms with E-state index in [1.54, 1.807) is 0 Å². The summed E-state index contributed by atoms with van der Waals surface area (Å²) in [7, 11) is 0. The molecule has 0 unspecified atom stereocenters. The van der Waals surface area contributed by atoms with Gasteiger partial charge in [0.2, 0.25) is 5.82 Å². The van der Waals surface area contributed by atoms with Crippen LogP contribution in [0.2, 0.25) is 0 Å². The third-order valence-corrected chi connectivity index (χ3v) is 2.39. The third kappa shape index (κ3) is 2.04. The van der Waals surface area contributed by atoms with Crippen LogP contribution in [0.5, 0.6) is 0 Å². The Kier molecular flexibility index (Phi) is 3.01. The van der Waals surface area contributed by atoms with Crippen molar-refractivity contribution in [3.05, 3.63) is 64.0 Å². The molecule has 0 aliphatic carbocycles. The van der Waals surface area contributed by atoms with Crippen LogP contribution in [-0.4, -0.2) is 4.92 Å². The minimum Gasteiger partial charge on any atom is -0.258 e. The first kappa shape index (κ1) is 12.1. The average molecular weight is 253 g/mol. The largest absolute Gasteiger partial charge is 0.308 e. The van der Waals surface area contributed by atoms with Crippen molar-refractivity contribution >= 4 is 5.69 Å². The number of hydrogen-bond donors (Lipinski definition) is 0. The van der Waals surface area contributed by atoms with Crippen LogP contribution in [0, 0.1) is 27.6 Å². The molecule has 0 heterocycles. The van der Waals surface area contributed by atoms with Gasteiger partial charge in [-0.15, -0.1) is 0 Å². The van der Waals surface area contributed by atoms with Gasteiger partial charge in [0.1, 0.15) is 5.82 Å². The van der Waals surface area contributed by atoms with Gasteiger partial charge in [0.25, 0.3) is 0 Å². The molecule has 0 atom stereocenters. The Hall–Kier alpha value is -2.37. The molecule has 18 heavy (non-hydrogen) atoms. The molecule has 0 spiro atoms. The van der Waals surface area contributed by atoms with Crippen LogP contribution in [0.4, 0.5) is 18.9 Å². The molecule has 2 rings (SSSR count). The summed E-state index contributed by atoms with van der Waals surface area (Å²) in [5.74, 6) is -3.61. The second-order valence-electron chi connectivity index (χ2n) is 3.53. The van der Waals surface area contributed by atoms with E-state index < -0.39 is 28.1 Å². The highest BCUT2D eigenvalue weighted by Gasteiger charge is 2.21.